The number of rotatable bonds is 6. The third kappa shape index (κ3) is 3.06. The van der Waals surface area contributed by atoms with Gasteiger partial charge in [-0.2, -0.15) is 0 Å². The van der Waals surface area contributed by atoms with Crippen LogP contribution in [-0.2, 0) is 16.6 Å². The standard InChI is InChI=1S/C11H15N3O4S/c1-13-7-12-9(14(16)17)10(13)19-6-11(3-4-11)5-8(15)18-2/h7H,3-6H2,1-2H3. The summed E-state index contributed by atoms with van der Waals surface area (Å²) in [5, 5.41) is 11.4. The van der Waals surface area contributed by atoms with Gasteiger partial charge in [-0.05, 0) is 28.2 Å². The molecule has 0 spiro atoms. The zero-order valence-corrected chi connectivity index (χ0v) is 11.6. The normalized spacial score (nSPS) is 16.1. The summed E-state index contributed by atoms with van der Waals surface area (Å²) >= 11 is 1.38. The minimum Gasteiger partial charge on any atom is -0.469 e. The van der Waals surface area contributed by atoms with Crippen LogP contribution >= 0.6 is 11.8 Å². The zero-order valence-electron chi connectivity index (χ0n) is 10.8. The number of ether oxygens (including phenoxy) is 1. The molecule has 2 rings (SSSR count). The topological polar surface area (TPSA) is 87.3 Å². The summed E-state index contributed by atoms with van der Waals surface area (Å²) in [6.07, 6.45) is 3.73. The Bertz CT molecular complexity index is 510. The lowest BCUT2D eigenvalue weighted by atomic mass is 10.1. The molecule has 0 saturated heterocycles. The maximum absolute atomic E-state index is 11.3. The van der Waals surface area contributed by atoms with Crippen molar-refractivity contribution in [3.05, 3.63) is 16.4 Å². The Morgan fingerprint density at radius 3 is 2.89 bits per heavy atom. The van der Waals surface area contributed by atoms with E-state index in [-0.39, 0.29) is 17.2 Å². The number of carbonyl (C=O) groups excluding carboxylic acids is 1. The van der Waals surface area contributed by atoms with Gasteiger partial charge in [0.15, 0.2) is 5.03 Å². The van der Waals surface area contributed by atoms with E-state index in [1.807, 2.05) is 0 Å². The van der Waals surface area contributed by atoms with Crippen molar-refractivity contribution in [2.24, 2.45) is 12.5 Å². The van der Waals surface area contributed by atoms with Crippen LogP contribution in [0, 0.1) is 15.5 Å². The predicted octanol–water partition coefficient (Wildman–Crippen LogP) is 1.76. The van der Waals surface area contributed by atoms with Crippen molar-refractivity contribution in [1.29, 1.82) is 0 Å². The number of hydrogen-bond donors (Lipinski definition) is 0. The van der Waals surface area contributed by atoms with Crippen molar-refractivity contribution in [1.82, 2.24) is 9.55 Å². The van der Waals surface area contributed by atoms with Crippen molar-refractivity contribution in [2.75, 3.05) is 12.9 Å². The van der Waals surface area contributed by atoms with Crippen LogP contribution in [0.15, 0.2) is 11.4 Å². The van der Waals surface area contributed by atoms with E-state index in [1.165, 1.54) is 25.2 Å². The summed E-state index contributed by atoms with van der Waals surface area (Å²) in [6.45, 7) is 0. The molecule has 0 unspecified atom stereocenters. The van der Waals surface area contributed by atoms with E-state index in [2.05, 4.69) is 9.72 Å². The molecule has 1 heterocycles. The molecule has 1 aromatic heterocycles. The van der Waals surface area contributed by atoms with E-state index in [0.29, 0.717) is 17.2 Å². The van der Waals surface area contributed by atoms with Gasteiger partial charge in [0.05, 0.1) is 13.5 Å². The highest BCUT2D eigenvalue weighted by Crippen LogP contribution is 2.52. The quantitative estimate of drug-likeness (QED) is 0.342. The van der Waals surface area contributed by atoms with Crippen LogP contribution in [0.25, 0.3) is 0 Å². The van der Waals surface area contributed by atoms with Crippen molar-refractivity contribution in [3.8, 4) is 0 Å². The van der Waals surface area contributed by atoms with E-state index in [1.54, 1.807) is 11.6 Å². The Morgan fingerprint density at radius 1 is 1.68 bits per heavy atom. The molecule has 1 aromatic rings. The Morgan fingerprint density at radius 2 is 2.37 bits per heavy atom. The third-order valence-corrected chi connectivity index (χ3v) is 4.76. The number of methoxy groups -OCH3 is 1. The maximum atomic E-state index is 11.3. The number of carbonyl (C=O) groups is 1. The maximum Gasteiger partial charge on any atom is 0.395 e. The first kappa shape index (κ1) is 13.9. The molecule has 0 amide bonds. The van der Waals surface area contributed by atoms with Crippen LogP contribution < -0.4 is 0 Å². The van der Waals surface area contributed by atoms with Gasteiger partial charge in [-0.15, -0.1) is 0 Å². The molecule has 0 radical (unpaired) electrons. The Labute approximate surface area is 114 Å². The van der Waals surface area contributed by atoms with Gasteiger partial charge in [0.25, 0.3) is 0 Å². The lowest BCUT2D eigenvalue weighted by molar-refractivity contribution is -0.392. The lowest BCUT2D eigenvalue weighted by Gasteiger charge is -2.12. The second kappa shape index (κ2) is 5.20. The van der Waals surface area contributed by atoms with E-state index < -0.39 is 4.92 Å². The summed E-state index contributed by atoms with van der Waals surface area (Å²) in [6, 6.07) is 0. The summed E-state index contributed by atoms with van der Waals surface area (Å²) in [4.78, 5) is 25.4. The molecular formula is C11H15N3O4S. The average Bonchev–Trinajstić information content (AvgIpc) is 3.02. The summed E-state index contributed by atoms with van der Waals surface area (Å²) in [5.41, 5.74) is -0.0596. The second-order valence-electron chi connectivity index (χ2n) is 4.78. The fourth-order valence-corrected chi connectivity index (χ4v) is 3.19. The minimum atomic E-state index is -0.484. The Hall–Kier alpha value is -1.57. The van der Waals surface area contributed by atoms with Crippen LogP contribution in [-0.4, -0.2) is 33.3 Å². The first-order valence-corrected chi connectivity index (χ1v) is 6.81. The second-order valence-corrected chi connectivity index (χ2v) is 5.75. The highest BCUT2D eigenvalue weighted by atomic mass is 32.2. The SMILES string of the molecule is COC(=O)CC1(CSc2c([N+](=O)[O-])ncn2C)CC1. The van der Waals surface area contributed by atoms with Crippen molar-refractivity contribution in [2.45, 2.75) is 24.3 Å². The molecule has 1 saturated carbocycles. The summed E-state index contributed by atoms with van der Waals surface area (Å²) in [7, 11) is 3.10. The van der Waals surface area contributed by atoms with Gasteiger partial charge >= 0.3 is 11.8 Å². The molecule has 0 aliphatic heterocycles. The number of aromatic nitrogens is 2. The molecule has 0 bridgehead atoms. The highest BCUT2D eigenvalue weighted by molar-refractivity contribution is 7.99. The number of thioether (sulfide) groups is 1. The number of imidazole rings is 1. The molecule has 8 heteroatoms. The van der Waals surface area contributed by atoms with Crippen LogP contribution in [0.2, 0.25) is 0 Å². The van der Waals surface area contributed by atoms with Gasteiger partial charge < -0.3 is 19.4 Å². The fourth-order valence-electron chi connectivity index (χ4n) is 1.85. The van der Waals surface area contributed by atoms with Gasteiger partial charge in [0.2, 0.25) is 6.33 Å². The molecule has 0 aromatic carbocycles. The number of hydrogen-bond acceptors (Lipinski definition) is 6. The van der Waals surface area contributed by atoms with Crippen molar-refractivity contribution in [3.63, 3.8) is 0 Å². The largest absolute Gasteiger partial charge is 0.469 e. The molecule has 19 heavy (non-hydrogen) atoms. The molecular weight excluding hydrogens is 270 g/mol. The first-order valence-electron chi connectivity index (χ1n) is 5.83. The molecule has 0 N–H and O–H groups in total. The van der Waals surface area contributed by atoms with Crippen LogP contribution in [0.4, 0.5) is 5.82 Å². The molecule has 104 valence electrons. The fraction of sp³-hybridized carbons (Fsp3) is 0.636. The number of aryl methyl sites for hydroxylation is 1. The van der Waals surface area contributed by atoms with E-state index >= 15 is 0 Å². The van der Waals surface area contributed by atoms with Crippen LogP contribution in [0.3, 0.4) is 0 Å². The molecule has 7 nitrogen and oxygen atoms in total. The third-order valence-electron chi connectivity index (χ3n) is 3.26. The lowest BCUT2D eigenvalue weighted by Crippen LogP contribution is -2.13. The Balaban J connectivity index is 2.01. The van der Waals surface area contributed by atoms with Gasteiger partial charge in [-0.25, -0.2) is 0 Å². The molecule has 1 fully saturated rings. The van der Waals surface area contributed by atoms with E-state index in [9.17, 15) is 14.9 Å². The van der Waals surface area contributed by atoms with Crippen LogP contribution in [0.1, 0.15) is 19.3 Å². The highest BCUT2D eigenvalue weighted by Gasteiger charge is 2.45. The summed E-state index contributed by atoms with van der Waals surface area (Å²) in [5.74, 6) is 0.321. The predicted molar refractivity (Wildman–Crippen MR) is 68.9 cm³/mol. The molecule has 0 atom stereocenters. The van der Waals surface area contributed by atoms with Crippen molar-refractivity contribution >= 4 is 23.5 Å². The minimum absolute atomic E-state index is 0.0596. The van der Waals surface area contributed by atoms with Gasteiger partial charge in [-0.3, -0.25) is 4.79 Å². The zero-order chi connectivity index (χ0) is 14.0. The Kier molecular flexibility index (Phi) is 3.79. The smallest absolute Gasteiger partial charge is 0.395 e. The first-order chi connectivity index (χ1) is 8.97. The van der Waals surface area contributed by atoms with Gasteiger partial charge in [-0.1, -0.05) is 11.8 Å². The number of esters is 1. The monoisotopic (exact) mass is 285 g/mol. The number of nitro groups is 1. The van der Waals surface area contributed by atoms with Crippen LogP contribution in [0.5, 0.6) is 0 Å². The van der Waals surface area contributed by atoms with Gasteiger partial charge in [0, 0.05) is 12.8 Å². The summed E-state index contributed by atoms with van der Waals surface area (Å²) < 4.78 is 6.31. The molecule has 1 aliphatic rings. The number of nitrogens with zero attached hydrogens (tertiary/aromatic N) is 3. The average molecular weight is 285 g/mol. The molecule has 1 aliphatic carbocycles. The van der Waals surface area contributed by atoms with E-state index in [0.717, 1.165) is 12.8 Å². The van der Waals surface area contributed by atoms with Crippen molar-refractivity contribution < 1.29 is 14.5 Å². The van der Waals surface area contributed by atoms with E-state index in [4.69, 9.17) is 0 Å². The van der Waals surface area contributed by atoms with Gasteiger partial charge in [0.1, 0.15) is 0 Å².